The van der Waals surface area contributed by atoms with Crippen molar-refractivity contribution in [3.8, 4) is 11.4 Å². The Hall–Kier alpha value is -3.72. The number of nitrogens with one attached hydrogen (secondary N) is 3. The first kappa shape index (κ1) is 25.0. The van der Waals surface area contributed by atoms with Crippen molar-refractivity contribution in [2.24, 2.45) is 13.0 Å². The van der Waals surface area contributed by atoms with Crippen LogP contribution in [0.3, 0.4) is 0 Å². The third-order valence-electron chi connectivity index (χ3n) is 7.42. The number of aromatic nitrogens is 5. The first-order valence-corrected chi connectivity index (χ1v) is 13.2. The number of carbonyl (C=O) groups is 1. The van der Waals surface area contributed by atoms with E-state index in [0.717, 1.165) is 55.6 Å². The van der Waals surface area contributed by atoms with Gasteiger partial charge >= 0.3 is 6.03 Å². The Labute approximate surface area is 217 Å². The SMILES string of the molecule is CCc1cc(NC(=O)N[C@@H]2CCCC[C@H]2CN(C)Cc2c[nH]c3ccccc23)cc(-c2nnnn2C)c1. The standard InChI is InChI=1S/C28H36N8O/c1-4-19-13-21(27-32-33-34-36(27)3)15-23(14-19)30-28(37)31-25-11-7-5-9-20(25)17-35(2)18-22-16-29-26-12-8-6-10-24(22)26/h6,8,10,12-16,20,25,29H,4-5,7,9,11,17-18H2,1-3H3,(H2,30,31,37)/t20-,25+/m0/s1. The van der Waals surface area contributed by atoms with E-state index < -0.39 is 0 Å². The summed E-state index contributed by atoms with van der Waals surface area (Å²) in [5.74, 6) is 1.08. The first-order chi connectivity index (χ1) is 18.0. The Kier molecular flexibility index (Phi) is 7.50. The average molecular weight is 501 g/mol. The Morgan fingerprint density at radius 3 is 2.84 bits per heavy atom. The number of anilines is 1. The van der Waals surface area contributed by atoms with Gasteiger partial charge in [-0.05, 0) is 78.0 Å². The van der Waals surface area contributed by atoms with E-state index in [1.165, 1.54) is 22.9 Å². The predicted molar refractivity (Wildman–Crippen MR) is 146 cm³/mol. The highest BCUT2D eigenvalue weighted by Gasteiger charge is 2.28. The summed E-state index contributed by atoms with van der Waals surface area (Å²) in [6.07, 6.45) is 7.44. The molecule has 5 rings (SSSR count). The summed E-state index contributed by atoms with van der Waals surface area (Å²) in [4.78, 5) is 18.8. The number of hydrogen-bond acceptors (Lipinski definition) is 5. The number of fused-ring (bicyclic) bond motifs is 1. The quantitative estimate of drug-likeness (QED) is 0.324. The fourth-order valence-electron chi connectivity index (χ4n) is 5.54. The molecule has 0 spiro atoms. The average Bonchev–Trinajstić information content (AvgIpc) is 3.51. The van der Waals surface area contributed by atoms with Gasteiger partial charge in [0.15, 0.2) is 5.82 Å². The molecule has 1 aliphatic carbocycles. The lowest BCUT2D eigenvalue weighted by Gasteiger charge is -2.35. The molecule has 9 nitrogen and oxygen atoms in total. The van der Waals surface area contributed by atoms with E-state index >= 15 is 0 Å². The van der Waals surface area contributed by atoms with Crippen molar-refractivity contribution in [2.45, 2.75) is 51.6 Å². The molecule has 194 valence electrons. The molecule has 4 aromatic rings. The molecule has 2 aromatic heterocycles. The number of urea groups is 1. The van der Waals surface area contributed by atoms with E-state index in [1.807, 2.05) is 19.2 Å². The molecule has 9 heteroatoms. The summed E-state index contributed by atoms with van der Waals surface area (Å²) < 4.78 is 1.64. The number of nitrogens with zero attached hydrogens (tertiary/aromatic N) is 5. The highest BCUT2D eigenvalue weighted by Crippen LogP contribution is 2.27. The van der Waals surface area contributed by atoms with Gasteiger partial charge in [-0.1, -0.05) is 38.0 Å². The van der Waals surface area contributed by atoms with Gasteiger partial charge in [-0.25, -0.2) is 9.48 Å². The van der Waals surface area contributed by atoms with Crippen LogP contribution >= 0.6 is 0 Å². The maximum atomic E-state index is 13.1. The predicted octanol–water partition coefficient (Wildman–Crippen LogP) is 4.73. The number of para-hydroxylation sites is 1. The molecule has 2 heterocycles. The molecule has 1 saturated carbocycles. The zero-order chi connectivity index (χ0) is 25.8. The molecular formula is C28H36N8O. The molecule has 0 saturated heterocycles. The normalized spacial score (nSPS) is 17.8. The summed E-state index contributed by atoms with van der Waals surface area (Å²) in [6, 6.07) is 14.4. The molecule has 2 atom stereocenters. The second kappa shape index (κ2) is 11.1. The minimum absolute atomic E-state index is 0.149. The summed E-state index contributed by atoms with van der Waals surface area (Å²) in [7, 11) is 3.99. The largest absolute Gasteiger partial charge is 0.361 e. The molecule has 1 aliphatic rings. The van der Waals surface area contributed by atoms with Gasteiger partial charge in [-0.15, -0.1) is 5.10 Å². The lowest BCUT2D eigenvalue weighted by atomic mass is 9.84. The molecule has 0 unspecified atom stereocenters. The zero-order valence-corrected chi connectivity index (χ0v) is 21.9. The number of tetrazole rings is 1. The minimum Gasteiger partial charge on any atom is -0.361 e. The number of amides is 2. The van der Waals surface area contributed by atoms with Gasteiger partial charge in [0.1, 0.15) is 0 Å². The summed E-state index contributed by atoms with van der Waals surface area (Å²) in [6.45, 7) is 3.92. The van der Waals surface area contributed by atoms with E-state index in [2.05, 4.69) is 86.5 Å². The summed E-state index contributed by atoms with van der Waals surface area (Å²) in [5, 5.41) is 19.4. The van der Waals surface area contributed by atoms with Crippen LogP contribution in [0.4, 0.5) is 10.5 Å². The second-order valence-electron chi connectivity index (χ2n) is 10.2. The number of hydrogen-bond donors (Lipinski definition) is 3. The topological polar surface area (TPSA) is 104 Å². The van der Waals surface area contributed by atoms with Crippen molar-refractivity contribution in [1.82, 2.24) is 35.4 Å². The fourth-order valence-corrected chi connectivity index (χ4v) is 5.54. The van der Waals surface area contributed by atoms with Crippen LogP contribution in [0, 0.1) is 5.92 Å². The van der Waals surface area contributed by atoms with Crippen molar-refractivity contribution < 1.29 is 4.79 Å². The minimum atomic E-state index is -0.161. The number of rotatable bonds is 8. The van der Waals surface area contributed by atoms with E-state index in [1.54, 1.807) is 4.68 Å². The summed E-state index contributed by atoms with van der Waals surface area (Å²) in [5.41, 5.74) is 5.23. The number of benzene rings is 2. The van der Waals surface area contributed by atoms with Crippen LogP contribution in [0.1, 0.15) is 43.7 Å². The highest BCUT2D eigenvalue weighted by molar-refractivity contribution is 5.90. The zero-order valence-electron chi connectivity index (χ0n) is 21.9. The smallest absolute Gasteiger partial charge is 0.319 e. The van der Waals surface area contributed by atoms with Crippen molar-refractivity contribution >= 4 is 22.6 Å². The first-order valence-electron chi connectivity index (χ1n) is 13.2. The Balaban J connectivity index is 1.23. The Bertz CT molecular complexity index is 1360. The van der Waals surface area contributed by atoms with Crippen LogP contribution < -0.4 is 10.6 Å². The lowest BCUT2D eigenvalue weighted by molar-refractivity contribution is 0.185. The van der Waals surface area contributed by atoms with Crippen LogP contribution in [0.25, 0.3) is 22.3 Å². The fraction of sp³-hybridized carbons (Fsp3) is 0.429. The van der Waals surface area contributed by atoms with Crippen LogP contribution in [0.2, 0.25) is 0 Å². The maximum Gasteiger partial charge on any atom is 0.319 e. The van der Waals surface area contributed by atoms with Crippen LogP contribution in [0.5, 0.6) is 0 Å². The highest BCUT2D eigenvalue weighted by atomic mass is 16.2. The number of carbonyl (C=O) groups excluding carboxylic acids is 1. The number of H-pyrrole nitrogens is 1. The molecule has 3 N–H and O–H groups in total. The van der Waals surface area contributed by atoms with Crippen molar-refractivity contribution in [3.05, 3.63) is 59.8 Å². The molecule has 0 bridgehead atoms. The molecule has 37 heavy (non-hydrogen) atoms. The van der Waals surface area contributed by atoms with Crippen molar-refractivity contribution in [1.29, 1.82) is 0 Å². The maximum absolute atomic E-state index is 13.1. The molecule has 2 amide bonds. The van der Waals surface area contributed by atoms with Gasteiger partial charge in [0.25, 0.3) is 0 Å². The molecule has 2 aromatic carbocycles. The van der Waals surface area contributed by atoms with E-state index in [0.29, 0.717) is 11.7 Å². The van der Waals surface area contributed by atoms with Crippen LogP contribution in [-0.2, 0) is 20.0 Å². The van der Waals surface area contributed by atoms with E-state index in [-0.39, 0.29) is 12.1 Å². The second-order valence-corrected chi connectivity index (χ2v) is 10.2. The number of aryl methyl sites for hydroxylation is 2. The van der Waals surface area contributed by atoms with Crippen LogP contribution in [0.15, 0.2) is 48.7 Å². The molecule has 0 radical (unpaired) electrons. The lowest BCUT2D eigenvalue weighted by Crippen LogP contribution is -2.47. The van der Waals surface area contributed by atoms with Crippen molar-refractivity contribution in [3.63, 3.8) is 0 Å². The van der Waals surface area contributed by atoms with E-state index in [9.17, 15) is 4.79 Å². The Morgan fingerprint density at radius 2 is 2.03 bits per heavy atom. The molecular weight excluding hydrogens is 464 g/mol. The van der Waals surface area contributed by atoms with Crippen molar-refractivity contribution in [2.75, 3.05) is 18.9 Å². The number of aromatic amines is 1. The summed E-state index contributed by atoms with van der Waals surface area (Å²) >= 11 is 0. The molecule has 0 aliphatic heterocycles. The van der Waals surface area contributed by atoms with Gasteiger partial charge in [0, 0.05) is 54.5 Å². The monoisotopic (exact) mass is 500 g/mol. The van der Waals surface area contributed by atoms with Crippen LogP contribution in [-0.4, -0.2) is 55.8 Å². The van der Waals surface area contributed by atoms with Gasteiger partial charge in [-0.3, -0.25) is 0 Å². The van der Waals surface area contributed by atoms with E-state index in [4.69, 9.17) is 0 Å². The third-order valence-corrected chi connectivity index (χ3v) is 7.42. The van der Waals surface area contributed by atoms with Gasteiger partial charge in [-0.2, -0.15) is 0 Å². The van der Waals surface area contributed by atoms with Gasteiger partial charge in [0.05, 0.1) is 0 Å². The molecule has 1 fully saturated rings. The van der Waals surface area contributed by atoms with Gasteiger partial charge in [0.2, 0.25) is 0 Å². The third kappa shape index (κ3) is 5.83. The Morgan fingerprint density at radius 1 is 1.19 bits per heavy atom. The van der Waals surface area contributed by atoms with Gasteiger partial charge < -0.3 is 20.5 Å².